The van der Waals surface area contributed by atoms with Gasteiger partial charge in [0.05, 0.1) is 11.9 Å². The summed E-state index contributed by atoms with van der Waals surface area (Å²) in [6.07, 6.45) is 6.20. The minimum Gasteiger partial charge on any atom is -0.368 e. The van der Waals surface area contributed by atoms with Gasteiger partial charge < -0.3 is 4.90 Å². The largest absolute Gasteiger partial charge is 0.368 e. The highest BCUT2D eigenvalue weighted by atomic mass is 15.3. The van der Waals surface area contributed by atoms with Gasteiger partial charge in [0.1, 0.15) is 11.8 Å². The summed E-state index contributed by atoms with van der Waals surface area (Å²) in [5.74, 6) is 0. The Morgan fingerprint density at radius 3 is 2.48 bits per heavy atom. The number of pyridine rings is 1. The van der Waals surface area contributed by atoms with Crippen LogP contribution < -0.4 is 4.90 Å². The lowest BCUT2D eigenvalue weighted by Gasteiger charge is -2.35. The molecular weight excluding hydrogens is 284 g/mol. The fourth-order valence-electron chi connectivity index (χ4n) is 2.73. The predicted molar refractivity (Wildman–Crippen MR) is 93.1 cm³/mol. The zero-order valence-electron chi connectivity index (χ0n) is 13.1. The van der Waals surface area contributed by atoms with Crippen LogP contribution in [-0.2, 0) is 0 Å². The summed E-state index contributed by atoms with van der Waals surface area (Å²) in [5, 5.41) is 8.80. The molecule has 0 aliphatic carbocycles. The molecule has 1 saturated heterocycles. The molecular formula is C19H20N4. The maximum Gasteiger partial charge on any atom is 0.140 e. The molecule has 0 radical (unpaired) electrons. The number of nitrogens with zero attached hydrogens (tertiary/aromatic N) is 4. The molecule has 0 N–H and O–H groups in total. The summed E-state index contributed by atoms with van der Waals surface area (Å²) in [5.41, 5.74) is 2.82. The van der Waals surface area contributed by atoms with Crippen molar-refractivity contribution < 1.29 is 0 Å². The van der Waals surface area contributed by atoms with Gasteiger partial charge in [0.2, 0.25) is 0 Å². The van der Waals surface area contributed by atoms with Gasteiger partial charge in [-0.05, 0) is 17.7 Å². The van der Waals surface area contributed by atoms with E-state index in [1.165, 1.54) is 5.56 Å². The van der Waals surface area contributed by atoms with Gasteiger partial charge in [0.15, 0.2) is 0 Å². The third-order valence-electron chi connectivity index (χ3n) is 4.07. The van der Waals surface area contributed by atoms with Crippen molar-refractivity contribution in [3.63, 3.8) is 0 Å². The average molecular weight is 304 g/mol. The van der Waals surface area contributed by atoms with E-state index in [4.69, 9.17) is 5.26 Å². The van der Waals surface area contributed by atoms with Crippen molar-refractivity contribution in [3.05, 3.63) is 66.0 Å². The molecule has 116 valence electrons. The standard InChI is InChI=1S/C19H20N4/c20-15-18-8-9-19(16-21-18)23-13-11-22(12-14-23)10-4-7-17-5-2-1-3-6-17/h1-9,16H,10-14H2/b7-4+. The smallest absolute Gasteiger partial charge is 0.140 e. The van der Waals surface area contributed by atoms with Crippen LogP contribution in [0, 0.1) is 11.3 Å². The maximum atomic E-state index is 8.80. The lowest BCUT2D eigenvalue weighted by atomic mass is 10.2. The number of anilines is 1. The van der Waals surface area contributed by atoms with Crippen LogP contribution in [0.1, 0.15) is 11.3 Å². The SMILES string of the molecule is N#Cc1ccc(N2CCN(C/C=C/c3ccccc3)CC2)cn1. The Bertz CT molecular complexity index is 678. The Labute approximate surface area is 137 Å². The van der Waals surface area contributed by atoms with E-state index >= 15 is 0 Å². The number of aromatic nitrogens is 1. The molecule has 1 aromatic carbocycles. The van der Waals surface area contributed by atoms with E-state index in [0.717, 1.165) is 38.4 Å². The number of rotatable bonds is 4. The van der Waals surface area contributed by atoms with Crippen molar-refractivity contribution in [2.75, 3.05) is 37.6 Å². The van der Waals surface area contributed by atoms with Crippen molar-refractivity contribution in [3.8, 4) is 6.07 Å². The highest BCUT2D eigenvalue weighted by Gasteiger charge is 2.16. The zero-order chi connectivity index (χ0) is 15.9. The third kappa shape index (κ3) is 4.18. The molecule has 1 fully saturated rings. The lowest BCUT2D eigenvalue weighted by molar-refractivity contribution is 0.284. The second-order valence-corrected chi connectivity index (χ2v) is 5.61. The summed E-state index contributed by atoms with van der Waals surface area (Å²) in [6, 6.07) is 16.2. The van der Waals surface area contributed by atoms with Gasteiger partial charge in [0.25, 0.3) is 0 Å². The molecule has 1 aliphatic heterocycles. The first-order chi connectivity index (χ1) is 11.3. The Morgan fingerprint density at radius 2 is 1.83 bits per heavy atom. The number of hydrogen-bond acceptors (Lipinski definition) is 4. The number of nitriles is 1. The topological polar surface area (TPSA) is 43.2 Å². The minimum absolute atomic E-state index is 0.471. The first-order valence-corrected chi connectivity index (χ1v) is 7.90. The summed E-state index contributed by atoms with van der Waals surface area (Å²) in [7, 11) is 0. The lowest BCUT2D eigenvalue weighted by Crippen LogP contribution is -2.46. The van der Waals surface area contributed by atoms with Gasteiger partial charge in [-0.15, -0.1) is 0 Å². The van der Waals surface area contributed by atoms with Crippen molar-refractivity contribution in [2.45, 2.75) is 0 Å². The van der Waals surface area contributed by atoms with Crippen molar-refractivity contribution >= 4 is 11.8 Å². The Balaban J connectivity index is 1.48. The van der Waals surface area contributed by atoms with Gasteiger partial charge >= 0.3 is 0 Å². The van der Waals surface area contributed by atoms with Crippen LogP contribution >= 0.6 is 0 Å². The van der Waals surface area contributed by atoms with Crippen LogP contribution in [0.3, 0.4) is 0 Å². The van der Waals surface area contributed by atoms with Gasteiger partial charge in [-0.2, -0.15) is 5.26 Å². The van der Waals surface area contributed by atoms with Gasteiger partial charge in [-0.25, -0.2) is 4.98 Å². The monoisotopic (exact) mass is 304 g/mol. The molecule has 0 bridgehead atoms. The van der Waals surface area contributed by atoms with Crippen LogP contribution in [-0.4, -0.2) is 42.6 Å². The van der Waals surface area contributed by atoms with E-state index in [9.17, 15) is 0 Å². The highest BCUT2D eigenvalue weighted by molar-refractivity contribution is 5.49. The van der Waals surface area contributed by atoms with Gasteiger partial charge in [-0.1, -0.05) is 42.5 Å². The normalized spacial score (nSPS) is 15.7. The molecule has 23 heavy (non-hydrogen) atoms. The number of benzene rings is 1. The molecule has 0 unspecified atom stereocenters. The Morgan fingerprint density at radius 1 is 1.04 bits per heavy atom. The molecule has 2 aromatic rings. The average Bonchev–Trinajstić information content (AvgIpc) is 2.63. The number of hydrogen-bond donors (Lipinski definition) is 0. The van der Waals surface area contributed by atoms with E-state index in [0.29, 0.717) is 5.69 Å². The van der Waals surface area contributed by atoms with Crippen molar-refractivity contribution in [1.82, 2.24) is 9.88 Å². The van der Waals surface area contributed by atoms with Crippen molar-refractivity contribution in [1.29, 1.82) is 5.26 Å². The molecule has 4 nitrogen and oxygen atoms in total. The van der Waals surface area contributed by atoms with Crippen LogP contribution in [0.4, 0.5) is 5.69 Å². The van der Waals surface area contributed by atoms with E-state index in [-0.39, 0.29) is 0 Å². The highest BCUT2D eigenvalue weighted by Crippen LogP contribution is 2.15. The first-order valence-electron chi connectivity index (χ1n) is 7.90. The van der Waals surface area contributed by atoms with Gasteiger partial charge in [-0.3, -0.25) is 4.90 Å². The molecule has 3 rings (SSSR count). The van der Waals surface area contributed by atoms with Gasteiger partial charge in [0, 0.05) is 32.7 Å². The van der Waals surface area contributed by atoms with E-state index < -0.39 is 0 Å². The van der Waals surface area contributed by atoms with Crippen LogP contribution in [0.15, 0.2) is 54.7 Å². The fraction of sp³-hybridized carbons (Fsp3) is 0.263. The molecule has 2 heterocycles. The fourth-order valence-corrected chi connectivity index (χ4v) is 2.73. The summed E-state index contributed by atoms with van der Waals surface area (Å²) < 4.78 is 0. The van der Waals surface area contributed by atoms with E-state index in [1.807, 2.05) is 12.1 Å². The van der Waals surface area contributed by atoms with E-state index in [2.05, 4.69) is 57.3 Å². The van der Waals surface area contributed by atoms with Crippen LogP contribution in [0.5, 0.6) is 0 Å². The second-order valence-electron chi connectivity index (χ2n) is 5.61. The second kappa shape index (κ2) is 7.57. The van der Waals surface area contributed by atoms with E-state index in [1.54, 1.807) is 12.3 Å². The minimum atomic E-state index is 0.471. The third-order valence-corrected chi connectivity index (χ3v) is 4.07. The molecule has 0 spiro atoms. The summed E-state index contributed by atoms with van der Waals surface area (Å²) in [4.78, 5) is 8.92. The molecule has 0 saturated carbocycles. The molecule has 1 aliphatic rings. The van der Waals surface area contributed by atoms with Crippen LogP contribution in [0.25, 0.3) is 6.08 Å². The molecule has 0 amide bonds. The Kier molecular flexibility index (Phi) is 5.02. The first kappa shape index (κ1) is 15.3. The zero-order valence-corrected chi connectivity index (χ0v) is 13.1. The summed E-state index contributed by atoms with van der Waals surface area (Å²) in [6.45, 7) is 5.05. The van der Waals surface area contributed by atoms with Crippen LogP contribution in [0.2, 0.25) is 0 Å². The molecule has 0 atom stereocenters. The quantitative estimate of drug-likeness (QED) is 0.871. The Hall–Kier alpha value is -2.64. The predicted octanol–water partition coefficient (Wildman–Crippen LogP) is 2.79. The molecule has 4 heteroatoms. The molecule has 1 aromatic heterocycles. The number of piperazine rings is 1. The maximum absolute atomic E-state index is 8.80. The van der Waals surface area contributed by atoms with Crippen molar-refractivity contribution in [2.24, 2.45) is 0 Å². The summed E-state index contributed by atoms with van der Waals surface area (Å²) >= 11 is 0.